The molecule has 21 heavy (non-hydrogen) atoms. The summed E-state index contributed by atoms with van der Waals surface area (Å²) in [4.78, 5) is 14.3. The van der Waals surface area contributed by atoms with Crippen LogP contribution in [-0.2, 0) is 0 Å². The number of rotatable bonds is 2. The summed E-state index contributed by atoms with van der Waals surface area (Å²) in [7, 11) is 0. The first kappa shape index (κ1) is 15.5. The minimum atomic E-state index is 0. The molecule has 3 rings (SSSR count). The van der Waals surface area contributed by atoms with Crippen molar-refractivity contribution >= 4 is 18.3 Å². The molecule has 1 N–H and O–H groups in total. The van der Waals surface area contributed by atoms with Gasteiger partial charge in [0, 0.05) is 43.6 Å². The predicted molar refractivity (Wildman–Crippen MR) is 84.2 cm³/mol. The summed E-state index contributed by atoms with van der Waals surface area (Å²) in [5.41, 5.74) is 1.69. The van der Waals surface area contributed by atoms with Gasteiger partial charge < -0.3 is 10.2 Å². The molecule has 112 valence electrons. The SMILES string of the molecule is CC1CN(C(=O)c2ccc(-n3cccn3)cc2)CCN1.Cl. The molecule has 1 aliphatic rings. The molecule has 2 heterocycles. The fourth-order valence-electron chi connectivity index (χ4n) is 2.48. The topological polar surface area (TPSA) is 50.2 Å². The molecular formula is C15H19ClN4O. The van der Waals surface area contributed by atoms with Crippen LogP contribution in [0, 0.1) is 0 Å². The van der Waals surface area contributed by atoms with Crippen LogP contribution < -0.4 is 5.32 Å². The van der Waals surface area contributed by atoms with Crippen LogP contribution in [0.5, 0.6) is 0 Å². The Morgan fingerprint density at radius 2 is 2.10 bits per heavy atom. The molecule has 1 saturated heterocycles. The fraction of sp³-hybridized carbons (Fsp3) is 0.333. The quantitative estimate of drug-likeness (QED) is 0.919. The maximum atomic E-state index is 12.4. The number of amides is 1. The summed E-state index contributed by atoms with van der Waals surface area (Å²) >= 11 is 0. The zero-order valence-electron chi connectivity index (χ0n) is 11.9. The van der Waals surface area contributed by atoms with Gasteiger partial charge in [-0.3, -0.25) is 4.79 Å². The first-order valence-corrected chi connectivity index (χ1v) is 6.87. The van der Waals surface area contributed by atoms with E-state index in [1.165, 1.54) is 0 Å². The van der Waals surface area contributed by atoms with E-state index >= 15 is 0 Å². The van der Waals surface area contributed by atoms with Crippen LogP contribution in [0.15, 0.2) is 42.7 Å². The van der Waals surface area contributed by atoms with Crippen LogP contribution in [0.4, 0.5) is 0 Å². The summed E-state index contributed by atoms with van der Waals surface area (Å²) in [5.74, 6) is 0.102. The van der Waals surface area contributed by atoms with Crippen LogP contribution in [-0.4, -0.2) is 46.3 Å². The van der Waals surface area contributed by atoms with Crippen molar-refractivity contribution in [3.8, 4) is 5.69 Å². The van der Waals surface area contributed by atoms with Crippen LogP contribution in [0.25, 0.3) is 5.69 Å². The lowest BCUT2D eigenvalue weighted by molar-refractivity contribution is 0.0709. The number of nitrogens with one attached hydrogen (secondary N) is 1. The molecule has 1 unspecified atom stereocenters. The Kier molecular flexibility index (Phi) is 4.98. The number of hydrogen-bond donors (Lipinski definition) is 1. The highest BCUT2D eigenvalue weighted by atomic mass is 35.5. The van der Waals surface area contributed by atoms with Crippen molar-refractivity contribution in [1.29, 1.82) is 0 Å². The lowest BCUT2D eigenvalue weighted by atomic mass is 10.1. The molecule has 6 heteroatoms. The van der Waals surface area contributed by atoms with Crippen molar-refractivity contribution < 1.29 is 4.79 Å². The molecule has 0 spiro atoms. The molecule has 0 aliphatic carbocycles. The molecule has 0 saturated carbocycles. The molecule has 5 nitrogen and oxygen atoms in total. The molecule has 1 aliphatic heterocycles. The van der Waals surface area contributed by atoms with Crippen molar-refractivity contribution in [2.45, 2.75) is 13.0 Å². The zero-order chi connectivity index (χ0) is 13.9. The van der Waals surface area contributed by atoms with E-state index in [0.717, 1.165) is 30.9 Å². The van der Waals surface area contributed by atoms with Crippen LogP contribution in [0.1, 0.15) is 17.3 Å². The highest BCUT2D eigenvalue weighted by Gasteiger charge is 2.21. The van der Waals surface area contributed by atoms with E-state index in [9.17, 15) is 4.79 Å². The van der Waals surface area contributed by atoms with Gasteiger partial charge >= 0.3 is 0 Å². The number of benzene rings is 1. The Morgan fingerprint density at radius 1 is 1.33 bits per heavy atom. The van der Waals surface area contributed by atoms with E-state index < -0.39 is 0 Å². The third kappa shape index (κ3) is 3.43. The van der Waals surface area contributed by atoms with E-state index in [1.54, 1.807) is 10.9 Å². The van der Waals surface area contributed by atoms with E-state index in [4.69, 9.17) is 0 Å². The number of hydrogen-bond acceptors (Lipinski definition) is 3. The first-order chi connectivity index (χ1) is 9.74. The zero-order valence-corrected chi connectivity index (χ0v) is 12.7. The number of carbonyl (C=O) groups is 1. The van der Waals surface area contributed by atoms with Crippen molar-refractivity contribution in [3.05, 3.63) is 48.3 Å². The van der Waals surface area contributed by atoms with E-state index in [1.807, 2.05) is 41.4 Å². The summed E-state index contributed by atoms with van der Waals surface area (Å²) in [6, 6.07) is 9.81. The molecule has 1 fully saturated rings. The average molecular weight is 307 g/mol. The second kappa shape index (κ2) is 6.74. The number of aromatic nitrogens is 2. The molecule has 0 radical (unpaired) electrons. The predicted octanol–water partition coefficient (Wildman–Crippen LogP) is 1.73. The minimum absolute atomic E-state index is 0. The van der Waals surface area contributed by atoms with Crippen molar-refractivity contribution in [3.63, 3.8) is 0 Å². The van der Waals surface area contributed by atoms with Gasteiger partial charge in [-0.25, -0.2) is 4.68 Å². The third-order valence-corrected chi connectivity index (χ3v) is 3.54. The summed E-state index contributed by atoms with van der Waals surface area (Å²) in [5, 5.41) is 7.51. The van der Waals surface area contributed by atoms with Crippen LogP contribution >= 0.6 is 12.4 Å². The summed E-state index contributed by atoms with van der Waals surface area (Å²) < 4.78 is 1.78. The van der Waals surface area contributed by atoms with Crippen molar-refractivity contribution in [2.75, 3.05) is 19.6 Å². The largest absolute Gasteiger partial charge is 0.336 e. The number of carbonyl (C=O) groups excluding carboxylic acids is 1. The van der Waals surface area contributed by atoms with Crippen molar-refractivity contribution in [1.82, 2.24) is 20.0 Å². The maximum Gasteiger partial charge on any atom is 0.253 e. The van der Waals surface area contributed by atoms with Gasteiger partial charge in [0.25, 0.3) is 5.91 Å². The molecule has 0 bridgehead atoms. The lowest BCUT2D eigenvalue weighted by Crippen LogP contribution is -2.51. The van der Waals surface area contributed by atoms with E-state index in [-0.39, 0.29) is 18.3 Å². The Balaban J connectivity index is 0.00000161. The highest BCUT2D eigenvalue weighted by molar-refractivity contribution is 5.94. The molecular weight excluding hydrogens is 288 g/mol. The lowest BCUT2D eigenvalue weighted by Gasteiger charge is -2.32. The molecule has 1 aromatic carbocycles. The number of piperazine rings is 1. The van der Waals surface area contributed by atoms with Gasteiger partial charge in [0.15, 0.2) is 0 Å². The standard InChI is InChI=1S/C15H18N4O.ClH/c1-12-11-18(10-8-16-12)15(20)13-3-5-14(6-4-13)19-9-2-7-17-19;/h2-7,9,12,16H,8,10-11H2,1H3;1H. The van der Waals surface area contributed by atoms with Crippen LogP contribution in [0.2, 0.25) is 0 Å². The Labute approximate surface area is 130 Å². The Hall–Kier alpha value is -1.85. The summed E-state index contributed by atoms with van der Waals surface area (Å²) in [6.45, 7) is 4.49. The Bertz CT molecular complexity index is 582. The monoisotopic (exact) mass is 306 g/mol. The Morgan fingerprint density at radius 3 is 2.71 bits per heavy atom. The van der Waals surface area contributed by atoms with E-state index in [0.29, 0.717) is 6.04 Å². The third-order valence-electron chi connectivity index (χ3n) is 3.54. The smallest absolute Gasteiger partial charge is 0.253 e. The van der Waals surface area contributed by atoms with Crippen LogP contribution in [0.3, 0.4) is 0 Å². The van der Waals surface area contributed by atoms with Gasteiger partial charge in [-0.2, -0.15) is 5.10 Å². The van der Waals surface area contributed by atoms with Gasteiger partial charge in [0.1, 0.15) is 0 Å². The van der Waals surface area contributed by atoms with Gasteiger partial charge in [0.2, 0.25) is 0 Å². The van der Waals surface area contributed by atoms with E-state index in [2.05, 4.69) is 17.3 Å². The van der Waals surface area contributed by atoms with Gasteiger partial charge in [-0.15, -0.1) is 12.4 Å². The normalized spacial score (nSPS) is 18.1. The highest BCUT2D eigenvalue weighted by Crippen LogP contribution is 2.12. The second-order valence-electron chi connectivity index (χ2n) is 5.10. The number of halogens is 1. The first-order valence-electron chi connectivity index (χ1n) is 6.87. The number of nitrogens with zero attached hydrogens (tertiary/aromatic N) is 3. The van der Waals surface area contributed by atoms with Gasteiger partial charge in [-0.05, 0) is 37.3 Å². The molecule has 2 aromatic rings. The molecule has 1 amide bonds. The molecule has 1 atom stereocenters. The van der Waals surface area contributed by atoms with Gasteiger partial charge in [0.05, 0.1) is 5.69 Å². The second-order valence-corrected chi connectivity index (χ2v) is 5.10. The average Bonchev–Trinajstić information content (AvgIpc) is 3.01. The fourth-order valence-corrected chi connectivity index (χ4v) is 2.48. The molecule has 1 aromatic heterocycles. The van der Waals surface area contributed by atoms with Crippen molar-refractivity contribution in [2.24, 2.45) is 0 Å². The maximum absolute atomic E-state index is 12.4. The summed E-state index contributed by atoms with van der Waals surface area (Å²) in [6.07, 6.45) is 3.62. The van der Waals surface area contributed by atoms with Gasteiger partial charge in [-0.1, -0.05) is 0 Å². The minimum Gasteiger partial charge on any atom is -0.336 e.